The van der Waals surface area contributed by atoms with E-state index in [1.807, 2.05) is 0 Å². The summed E-state index contributed by atoms with van der Waals surface area (Å²) in [7, 11) is 1.48. The van der Waals surface area contributed by atoms with Gasteiger partial charge in [0.15, 0.2) is 5.69 Å². The van der Waals surface area contributed by atoms with Gasteiger partial charge in [0.1, 0.15) is 11.6 Å². The number of hydrogen-bond acceptors (Lipinski definition) is 5. The van der Waals surface area contributed by atoms with Gasteiger partial charge in [0.05, 0.1) is 12.1 Å². The van der Waals surface area contributed by atoms with E-state index in [1.54, 1.807) is 18.2 Å². The van der Waals surface area contributed by atoms with Crippen LogP contribution >= 0.6 is 11.3 Å². The predicted molar refractivity (Wildman–Crippen MR) is 86.9 cm³/mol. The Bertz CT molecular complexity index is 879. The summed E-state index contributed by atoms with van der Waals surface area (Å²) < 4.78 is 19.3. The molecule has 0 fully saturated rings. The van der Waals surface area contributed by atoms with Crippen LogP contribution in [-0.2, 0) is 6.54 Å². The maximum atomic E-state index is 13.5. The van der Waals surface area contributed by atoms with Crippen LogP contribution in [0.25, 0.3) is 10.1 Å². The first-order chi connectivity index (χ1) is 11.1. The average molecular weight is 332 g/mol. The second-order valence-corrected chi connectivity index (χ2v) is 5.92. The number of aromatic nitrogens is 1. The fourth-order valence-corrected chi connectivity index (χ4v) is 3.20. The lowest BCUT2D eigenvalue weighted by molar-refractivity contribution is 0.0693. The van der Waals surface area contributed by atoms with Crippen LogP contribution in [0.3, 0.4) is 0 Å². The van der Waals surface area contributed by atoms with Crippen LogP contribution in [0.4, 0.5) is 9.39 Å². The topological polar surface area (TPSA) is 71.5 Å². The first-order valence-electron chi connectivity index (χ1n) is 6.76. The van der Waals surface area contributed by atoms with Crippen molar-refractivity contribution in [2.75, 3.05) is 12.4 Å². The van der Waals surface area contributed by atoms with Gasteiger partial charge in [-0.05, 0) is 29.8 Å². The van der Waals surface area contributed by atoms with E-state index in [9.17, 15) is 9.18 Å². The normalized spacial score (nSPS) is 10.7. The van der Waals surface area contributed by atoms with Gasteiger partial charge in [-0.2, -0.15) is 0 Å². The predicted octanol–water partition coefficient (Wildman–Crippen LogP) is 3.75. The molecule has 7 heteroatoms. The van der Waals surface area contributed by atoms with Gasteiger partial charge in [-0.1, -0.05) is 0 Å². The summed E-state index contributed by atoms with van der Waals surface area (Å²) in [4.78, 5) is 15.1. The highest BCUT2D eigenvalue weighted by atomic mass is 32.1. The quantitative estimate of drug-likeness (QED) is 0.744. The molecular weight excluding hydrogens is 319 g/mol. The fourth-order valence-electron chi connectivity index (χ4n) is 2.25. The van der Waals surface area contributed by atoms with Gasteiger partial charge < -0.3 is 15.2 Å². The molecule has 0 saturated heterocycles. The second-order valence-electron chi connectivity index (χ2n) is 4.84. The number of carboxylic acids is 1. The maximum Gasteiger partial charge on any atom is 0.355 e. The molecule has 0 atom stereocenters. The summed E-state index contributed by atoms with van der Waals surface area (Å²) in [6, 6.07) is 7.99. The summed E-state index contributed by atoms with van der Waals surface area (Å²) >= 11 is 1.42. The number of pyridine rings is 1. The van der Waals surface area contributed by atoms with Crippen LogP contribution in [0.15, 0.2) is 36.5 Å². The van der Waals surface area contributed by atoms with E-state index < -0.39 is 5.97 Å². The number of thiophene rings is 1. The minimum atomic E-state index is -1.06. The highest BCUT2D eigenvalue weighted by Crippen LogP contribution is 2.31. The number of ether oxygens (including phenoxy) is 1. The molecule has 5 nitrogen and oxygen atoms in total. The molecule has 1 aromatic carbocycles. The van der Waals surface area contributed by atoms with E-state index in [0.717, 1.165) is 15.3 Å². The van der Waals surface area contributed by atoms with Crippen molar-refractivity contribution in [3.8, 4) is 5.75 Å². The Labute approximate surface area is 135 Å². The van der Waals surface area contributed by atoms with Crippen LogP contribution in [-0.4, -0.2) is 23.2 Å². The first-order valence-corrected chi connectivity index (χ1v) is 7.57. The fraction of sp³-hybridized carbons (Fsp3) is 0.125. The lowest BCUT2D eigenvalue weighted by Crippen LogP contribution is -2.00. The van der Waals surface area contributed by atoms with E-state index >= 15 is 0 Å². The van der Waals surface area contributed by atoms with Crippen LogP contribution in [0.1, 0.15) is 16.1 Å². The van der Waals surface area contributed by atoms with Crippen molar-refractivity contribution < 1.29 is 19.0 Å². The molecule has 2 heterocycles. The van der Waals surface area contributed by atoms with E-state index in [-0.39, 0.29) is 11.5 Å². The minimum Gasteiger partial charge on any atom is -0.497 e. The number of carboxylic acid groups (broad SMARTS) is 1. The van der Waals surface area contributed by atoms with Crippen LogP contribution in [0, 0.1) is 5.82 Å². The Morgan fingerprint density at radius 3 is 2.96 bits per heavy atom. The molecule has 2 aromatic heterocycles. The third-order valence-electron chi connectivity index (χ3n) is 3.28. The van der Waals surface area contributed by atoms with Crippen LogP contribution < -0.4 is 10.1 Å². The Hall–Kier alpha value is -2.67. The van der Waals surface area contributed by atoms with Crippen LogP contribution in [0.2, 0.25) is 0 Å². The SMILES string of the molecule is COc1cc(F)cc(CNc2cc3c(C(=O)O)nccc3s2)c1. The minimum absolute atomic E-state index is 0.0271. The summed E-state index contributed by atoms with van der Waals surface area (Å²) in [6.07, 6.45) is 1.48. The van der Waals surface area contributed by atoms with Crippen molar-refractivity contribution in [1.29, 1.82) is 0 Å². The Morgan fingerprint density at radius 1 is 1.39 bits per heavy atom. The molecule has 0 spiro atoms. The number of methoxy groups -OCH3 is 1. The van der Waals surface area contributed by atoms with Gasteiger partial charge in [-0.15, -0.1) is 11.3 Å². The lowest BCUT2D eigenvalue weighted by Gasteiger charge is -2.06. The molecule has 0 aliphatic carbocycles. The zero-order valence-electron chi connectivity index (χ0n) is 12.2. The third-order valence-corrected chi connectivity index (χ3v) is 4.34. The lowest BCUT2D eigenvalue weighted by atomic mass is 10.2. The van der Waals surface area contributed by atoms with Gasteiger partial charge in [-0.25, -0.2) is 14.2 Å². The molecule has 3 aromatic rings. The number of fused-ring (bicyclic) bond motifs is 1. The van der Waals surface area contributed by atoms with Crippen molar-refractivity contribution >= 4 is 32.4 Å². The smallest absolute Gasteiger partial charge is 0.355 e. The Kier molecular flexibility index (Phi) is 4.12. The molecule has 0 radical (unpaired) electrons. The number of anilines is 1. The first kappa shape index (κ1) is 15.2. The number of hydrogen-bond donors (Lipinski definition) is 2. The summed E-state index contributed by atoms with van der Waals surface area (Å²) in [6.45, 7) is 0.400. The van der Waals surface area contributed by atoms with Gasteiger partial charge in [0.2, 0.25) is 0 Å². The second kappa shape index (κ2) is 6.21. The highest BCUT2D eigenvalue weighted by Gasteiger charge is 2.12. The zero-order chi connectivity index (χ0) is 16.4. The molecular formula is C16H13FN2O3S. The van der Waals surface area contributed by atoms with Crippen molar-refractivity contribution in [2.24, 2.45) is 0 Å². The van der Waals surface area contributed by atoms with Gasteiger partial charge >= 0.3 is 5.97 Å². The van der Waals surface area contributed by atoms with Gasteiger partial charge in [0, 0.05) is 28.9 Å². The largest absolute Gasteiger partial charge is 0.497 e. The monoisotopic (exact) mass is 332 g/mol. The molecule has 0 unspecified atom stereocenters. The van der Waals surface area contributed by atoms with Gasteiger partial charge in [0.25, 0.3) is 0 Å². The molecule has 0 aliphatic rings. The molecule has 0 aliphatic heterocycles. The number of halogens is 1. The van der Waals surface area contributed by atoms with Crippen molar-refractivity contribution in [1.82, 2.24) is 4.98 Å². The summed E-state index contributed by atoms with van der Waals surface area (Å²) in [5, 5.41) is 13.7. The van der Waals surface area contributed by atoms with Gasteiger partial charge in [-0.3, -0.25) is 0 Å². The maximum absolute atomic E-state index is 13.5. The van der Waals surface area contributed by atoms with E-state index in [1.165, 1.54) is 36.8 Å². The summed E-state index contributed by atoms with van der Waals surface area (Å²) in [5.41, 5.74) is 0.759. The molecule has 118 valence electrons. The molecule has 0 bridgehead atoms. The molecule has 0 amide bonds. The molecule has 2 N–H and O–H groups in total. The van der Waals surface area contributed by atoms with Crippen molar-refractivity contribution in [2.45, 2.75) is 6.54 Å². The van der Waals surface area contributed by atoms with Crippen molar-refractivity contribution in [3.63, 3.8) is 0 Å². The van der Waals surface area contributed by atoms with Crippen molar-refractivity contribution in [3.05, 3.63) is 53.6 Å². The summed E-state index contributed by atoms with van der Waals surface area (Å²) in [5.74, 6) is -0.972. The Balaban J connectivity index is 1.84. The Morgan fingerprint density at radius 2 is 2.22 bits per heavy atom. The molecule has 23 heavy (non-hydrogen) atoms. The average Bonchev–Trinajstić information content (AvgIpc) is 2.95. The van der Waals surface area contributed by atoms with E-state index in [2.05, 4.69) is 10.3 Å². The van der Waals surface area contributed by atoms with Crippen LogP contribution in [0.5, 0.6) is 5.75 Å². The number of nitrogens with zero attached hydrogens (tertiary/aromatic N) is 1. The zero-order valence-corrected chi connectivity index (χ0v) is 13.0. The number of carbonyl (C=O) groups is 1. The standard InChI is InChI=1S/C16H13FN2O3S/c1-22-11-5-9(4-10(17)6-11)8-19-14-7-12-13(23-14)2-3-18-15(12)16(20)21/h2-7,19H,8H2,1H3,(H,20,21). The van der Waals surface area contributed by atoms with E-state index in [0.29, 0.717) is 17.7 Å². The van der Waals surface area contributed by atoms with E-state index in [4.69, 9.17) is 9.84 Å². The molecule has 3 rings (SSSR count). The number of benzene rings is 1. The highest BCUT2D eigenvalue weighted by molar-refractivity contribution is 7.22. The number of aromatic carboxylic acids is 1. The number of nitrogens with one attached hydrogen (secondary N) is 1. The third kappa shape index (κ3) is 3.24. The molecule has 0 saturated carbocycles. The number of rotatable bonds is 5.